The number of urea groups is 1. The van der Waals surface area contributed by atoms with Crippen LogP contribution in [0.3, 0.4) is 0 Å². The Bertz CT molecular complexity index is 605. The van der Waals surface area contributed by atoms with Gasteiger partial charge >= 0.3 is 6.03 Å². The fourth-order valence-corrected chi connectivity index (χ4v) is 3.24. The molecule has 0 spiro atoms. The number of aryl methyl sites for hydroxylation is 1. The predicted octanol–water partition coefficient (Wildman–Crippen LogP) is 1.73. The molecule has 1 saturated heterocycles. The maximum Gasteiger partial charge on any atom is 0.315 e. The average Bonchev–Trinajstić information content (AvgIpc) is 2.85. The third-order valence-electron chi connectivity index (χ3n) is 4.45. The number of likely N-dealkylation sites (tertiary alicyclic amines) is 1. The molecule has 118 valence electrons. The van der Waals surface area contributed by atoms with Gasteiger partial charge in [0.25, 0.3) is 0 Å². The molecule has 1 aromatic rings. The van der Waals surface area contributed by atoms with E-state index in [0.29, 0.717) is 19.4 Å². The van der Waals surface area contributed by atoms with E-state index in [1.807, 2.05) is 0 Å². The molecule has 2 atom stereocenters. The molecule has 0 saturated carbocycles. The molecule has 1 aromatic carbocycles. The number of piperidine rings is 1. The van der Waals surface area contributed by atoms with Crippen molar-refractivity contribution in [2.24, 2.45) is 0 Å². The van der Waals surface area contributed by atoms with Crippen LogP contribution in [0.2, 0.25) is 0 Å². The molecule has 0 radical (unpaired) electrons. The Labute approximate surface area is 128 Å². The van der Waals surface area contributed by atoms with Crippen LogP contribution in [-0.2, 0) is 11.2 Å². The molecule has 1 aliphatic carbocycles. The molecule has 3 amide bonds. The number of likely N-dealkylation sites (N-methyl/N-ethyl adjacent to an activating group) is 1. The van der Waals surface area contributed by atoms with Gasteiger partial charge in [-0.25, -0.2) is 9.18 Å². The van der Waals surface area contributed by atoms with Crippen molar-refractivity contribution in [3.05, 3.63) is 35.1 Å². The molecule has 0 bridgehead atoms. The fraction of sp³-hybridized carbons (Fsp3) is 0.500. The van der Waals surface area contributed by atoms with Crippen LogP contribution < -0.4 is 10.6 Å². The quantitative estimate of drug-likeness (QED) is 0.874. The smallest absolute Gasteiger partial charge is 0.315 e. The van der Waals surface area contributed by atoms with E-state index in [4.69, 9.17) is 0 Å². The highest BCUT2D eigenvalue weighted by molar-refractivity contribution is 5.78. The maximum absolute atomic E-state index is 13.4. The summed E-state index contributed by atoms with van der Waals surface area (Å²) in [4.78, 5) is 25.2. The van der Waals surface area contributed by atoms with Gasteiger partial charge in [0.2, 0.25) is 5.91 Å². The number of halogens is 1. The van der Waals surface area contributed by atoms with Crippen LogP contribution in [-0.4, -0.2) is 36.5 Å². The van der Waals surface area contributed by atoms with Gasteiger partial charge in [-0.3, -0.25) is 4.79 Å². The zero-order chi connectivity index (χ0) is 15.7. The Morgan fingerprint density at radius 3 is 2.86 bits per heavy atom. The standard InChI is InChI=1S/C16H20FN3O2/c1-20-9-12(5-7-15(20)21)18-16(22)19-14-6-3-10-2-4-11(17)8-13(10)14/h2,4,8,12,14H,3,5-7,9H2,1H3,(H2,18,19,22)/t12-,14-/m0/s1. The lowest BCUT2D eigenvalue weighted by atomic mass is 10.1. The number of carbonyl (C=O) groups excluding carboxylic acids is 2. The zero-order valence-electron chi connectivity index (χ0n) is 12.6. The Morgan fingerprint density at radius 1 is 1.27 bits per heavy atom. The third-order valence-corrected chi connectivity index (χ3v) is 4.45. The van der Waals surface area contributed by atoms with Crippen molar-refractivity contribution in [2.75, 3.05) is 13.6 Å². The molecule has 5 nitrogen and oxygen atoms in total. The summed E-state index contributed by atoms with van der Waals surface area (Å²) >= 11 is 0. The number of hydrogen-bond donors (Lipinski definition) is 2. The van der Waals surface area contributed by atoms with E-state index in [-0.39, 0.29) is 29.8 Å². The lowest BCUT2D eigenvalue weighted by molar-refractivity contribution is -0.132. The first-order valence-electron chi connectivity index (χ1n) is 7.62. The molecule has 1 fully saturated rings. The minimum atomic E-state index is -0.278. The summed E-state index contributed by atoms with van der Waals surface area (Å²) in [6.07, 6.45) is 2.75. The number of nitrogens with zero attached hydrogens (tertiary/aromatic N) is 1. The second-order valence-corrected chi connectivity index (χ2v) is 6.06. The highest BCUT2D eigenvalue weighted by Gasteiger charge is 2.27. The first-order valence-corrected chi connectivity index (χ1v) is 7.62. The van der Waals surface area contributed by atoms with Crippen molar-refractivity contribution in [3.8, 4) is 0 Å². The fourth-order valence-electron chi connectivity index (χ4n) is 3.24. The predicted molar refractivity (Wildman–Crippen MR) is 79.8 cm³/mol. The largest absolute Gasteiger partial charge is 0.344 e. The summed E-state index contributed by atoms with van der Waals surface area (Å²) in [5, 5.41) is 5.82. The lowest BCUT2D eigenvalue weighted by Crippen LogP contribution is -2.51. The van der Waals surface area contributed by atoms with E-state index in [9.17, 15) is 14.0 Å². The number of nitrogens with one attached hydrogen (secondary N) is 2. The number of amides is 3. The molecular formula is C16H20FN3O2. The van der Waals surface area contributed by atoms with E-state index in [2.05, 4.69) is 10.6 Å². The van der Waals surface area contributed by atoms with Crippen LogP contribution in [0.4, 0.5) is 9.18 Å². The van der Waals surface area contributed by atoms with Crippen molar-refractivity contribution < 1.29 is 14.0 Å². The summed E-state index contributed by atoms with van der Waals surface area (Å²) in [6, 6.07) is 4.31. The molecule has 3 rings (SSSR count). The van der Waals surface area contributed by atoms with E-state index >= 15 is 0 Å². The highest BCUT2D eigenvalue weighted by Crippen LogP contribution is 2.31. The number of hydrogen-bond acceptors (Lipinski definition) is 2. The molecule has 1 heterocycles. The summed E-state index contributed by atoms with van der Waals surface area (Å²) < 4.78 is 13.4. The summed E-state index contributed by atoms with van der Waals surface area (Å²) in [5.74, 6) is -0.168. The van der Waals surface area contributed by atoms with Gasteiger partial charge in [-0.2, -0.15) is 0 Å². The summed E-state index contributed by atoms with van der Waals surface area (Å²) in [7, 11) is 1.74. The van der Waals surface area contributed by atoms with Gasteiger partial charge in [0, 0.05) is 26.1 Å². The summed E-state index contributed by atoms with van der Waals surface area (Å²) in [5.41, 5.74) is 1.96. The van der Waals surface area contributed by atoms with Crippen LogP contribution in [0, 0.1) is 5.82 Å². The second-order valence-electron chi connectivity index (χ2n) is 6.06. The summed E-state index contributed by atoms with van der Waals surface area (Å²) in [6.45, 7) is 0.530. The van der Waals surface area contributed by atoms with E-state index in [1.165, 1.54) is 12.1 Å². The van der Waals surface area contributed by atoms with Crippen LogP contribution >= 0.6 is 0 Å². The van der Waals surface area contributed by atoms with Crippen LogP contribution in [0.5, 0.6) is 0 Å². The van der Waals surface area contributed by atoms with Crippen LogP contribution in [0.25, 0.3) is 0 Å². The van der Waals surface area contributed by atoms with Gasteiger partial charge in [-0.15, -0.1) is 0 Å². The lowest BCUT2D eigenvalue weighted by Gasteiger charge is -2.30. The molecule has 6 heteroatoms. The molecular weight excluding hydrogens is 285 g/mol. The molecule has 2 N–H and O–H groups in total. The first-order chi connectivity index (χ1) is 10.5. The van der Waals surface area contributed by atoms with Gasteiger partial charge in [-0.1, -0.05) is 6.07 Å². The van der Waals surface area contributed by atoms with Gasteiger partial charge in [0.1, 0.15) is 5.82 Å². The van der Waals surface area contributed by atoms with Crippen molar-refractivity contribution >= 4 is 11.9 Å². The van der Waals surface area contributed by atoms with Gasteiger partial charge in [0.05, 0.1) is 6.04 Å². The first kappa shape index (κ1) is 14.8. The molecule has 22 heavy (non-hydrogen) atoms. The van der Waals surface area contributed by atoms with E-state index in [0.717, 1.165) is 24.0 Å². The Kier molecular flexibility index (Phi) is 4.00. The topological polar surface area (TPSA) is 61.4 Å². The van der Waals surface area contributed by atoms with E-state index in [1.54, 1.807) is 18.0 Å². The average molecular weight is 305 g/mol. The van der Waals surface area contributed by atoms with Crippen molar-refractivity contribution in [2.45, 2.75) is 37.8 Å². The molecule has 2 aliphatic rings. The Hall–Kier alpha value is -2.11. The molecule has 0 unspecified atom stereocenters. The monoisotopic (exact) mass is 305 g/mol. The van der Waals surface area contributed by atoms with Crippen LogP contribution in [0.1, 0.15) is 36.4 Å². The highest BCUT2D eigenvalue weighted by atomic mass is 19.1. The number of carbonyl (C=O) groups is 2. The number of fused-ring (bicyclic) bond motifs is 1. The molecule has 0 aromatic heterocycles. The van der Waals surface area contributed by atoms with Crippen LogP contribution in [0.15, 0.2) is 18.2 Å². The minimum Gasteiger partial charge on any atom is -0.344 e. The SMILES string of the molecule is CN1C[C@@H](NC(=O)N[C@H]2CCc3ccc(F)cc32)CCC1=O. The van der Waals surface area contributed by atoms with Gasteiger partial charge in [-0.05, 0) is 42.5 Å². The molecule has 1 aliphatic heterocycles. The van der Waals surface area contributed by atoms with Crippen molar-refractivity contribution in [3.63, 3.8) is 0 Å². The number of benzene rings is 1. The van der Waals surface area contributed by atoms with Crippen molar-refractivity contribution in [1.29, 1.82) is 0 Å². The second kappa shape index (κ2) is 5.94. The van der Waals surface area contributed by atoms with E-state index < -0.39 is 0 Å². The number of rotatable bonds is 2. The Balaban J connectivity index is 1.57. The van der Waals surface area contributed by atoms with Crippen molar-refractivity contribution in [1.82, 2.24) is 15.5 Å². The Morgan fingerprint density at radius 2 is 2.09 bits per heavy atom. The van der Waals surface area contributed by atoms with Gasteiger partial charge < -0.3 is 15.5 Å². The van der Waals surface area contributed by atoms with Gasteiger partial charge in [0.15, 0.2) is 0 Å². The maximum atomic E-state index is 13.4. The minimum absolute atomic E-state index is 0.0314. The zero-order valence-corrected chi connectivity index (χ0v) is 12.6. The third kappa shape index (κ3) is 3.05. The normalized spacial score (nSPS) is 24.1.